The first-order valence-corrected chi connectivity index (χ1v) is 8.13. The minimum Gasteiger partial charge on any atom is -0.457 e. The zero-order valence-corrected chi connectivity index (χ0v) is 13.8. The molecule has 120 valence electrons. The second-order valence-electron chi connectivity index (χ2n) is 5.97. The molecule has 4 rings (SSSR count). The SMILES string of the molecule is CC1c2ccc(Cl)cc2Oc2cc(Cc3ccc(=O)[nH]n3)ccc21. The third-order valence-electron chi connectivity index (χ3n) is 4.33. The highest BCUT2D eigenvalue weighted by atomic mass is 35.5. The number of halogens is 1. The predicted octanol–water partition coefficient (Wildman–Crippen LogP) is 4.27. The number of H-pyrrole nitrogens is 1. The van der Waals surface area contributed by atoms with Crippen LogP contribution in [0, 0.1) is 0 Å². The Morgan fingerprint density at radius 1 is 1.08 bits per heavy atom. The summed E-state index contributed by atoms with van der Waals surface area (Å²) in [5.41, 5.74) is 3.98. The highest BCUT2D eigenvalue weighted by Gasteiger charge is 2.24. The number of hydrogen-bond donors (Lipinski definition) is 1. The second-order valence-corrected chi connectivity index (χ2v) is 6.40. The van der Waals surface area contributed by atoms with Crippen molar-refractivity contribution in [2.24, 2.45) is 0 Å². The maximum atomic E-state index is 11.1. The molecule has 3 aromatic rings. The maximum absolute atomic E-state index is 11.1. The number of ether oxygens (including phenoxy) is 1. The zero-order valence-electron chi connectivity index (χ0n) is 13.0. The molecule has 0 fully saturated rings. The Balaban J connectivity index is 1.68. The lowest BCUT2D eigenvalue weighted by molar-refractivity contribution is 0.449. The van der Waals surface area contributed by atoms with Gasteiger partial charge in [-0.25, -0.2) is 5.10 Å². The second kappa shape index (κ2) is 5.80. The zero-order chi connectivity index (χ0) is 16.7. The van der Waals surface area contributed by atoms with E-state index in [1.54, 1.807) is 6.07 Å². The third-order valence-corrected chi connectivity index (χ3v) is 4.56. The summed E-state index contributed by atoms with van der Waals surface area (Å²) in [7, 11) is 0. The van der Waals surface area contributed by atoms with Crippen molar-refractivity contribution >= 4 is 11.6 Å². The number of nitrogens with zero attached hydrogens (tertiary/aromatic N) is 1. The van der Waals surface area contributed by atoms with Crippen LogP contribution in [0.3, 0.4) is 0 Å². The maximum Gasteiger partial charge on any atom is 0.264 e. The van der Waals surface area contributed by atoms with Gasteiger partial charge in [0.15, 0.2) is 0 Å². The van der Waals surface area contributed by atoms with Crippen molar-refractivity contribution in [3.8, 4) is 11.5 Å². The van der Waals surface area contributed by atoms with Crippen molar-refractivity contribution in [2.45, 2.75) is 19.3 Å². The van der Waals surface area contributed by atoms with E-state index in [0.717, 1.165) is 33.9 Å². The molecule has 1 N–H and O–H groups in total. The molecule has 1 unspecified atom stereocenters. The summed E-state index contributed by atoms with van der Waals surface area (Å²) in [4.78, 5) is 11.1. The van der Waals surface area contributed by atoms with E-state index in [1.165, 1.54) is 6.07 Å². The van der Waals surface area contributed by atoms with Gasteiger partial charge in [-0.3, -0.25) is 4.79 Å². The quantitative estimate of drug-likeness (QED) is 0.759. The molecule has 1 aliphatic heterocycles. The van der Waals surface area contributed by atoms with Gasteiger partial charge >= 0.3 is 0 Å². The van der Waals surface area contributed by atoms with Crippen LogP contribution in [-0.4, -0.2) is 10.2 Å². The van der Waals surface area contributed by atoms with Crippen LogP contribution in [0.2, 0.25) is 5.02 Å². The summed E-state index contributed by atoms with van der Waals surface area (Å²) in [6.45, 7) is 2.16. The molecule has 2 aromatic carbocycles. The first-order valence-electron chi connectivity index (χ1n) is 7.75. The van der Waals surface area contributed by atoms with Crippen molar-refractivity contribution in [1.82, 2.24) is 10.2 Å². The van der Waals surface area contributed by atoms with E-state index < -0.39 is 0 Å². The van der Waals surface area contributed by atoms with Crippen LogP contribution >= 0.6 is 11.6 Å². The smallest absolute Gasteiger partial charge is 0.264 e. The summed E-state index contributed by atoms with van der Waals surface area (Å²) in [5, 5.41) is 7.17. The fourth-order valence-electron chi connectivity index (χ4n) is 3.06. The monoisotopic (exact) mass is 338 g/mol. The molecule has 24 heavy (non-hydrogen) atoms. The Morgan fingerprint density at radius 2 is 1.83 bits per heavy atom. The Bertz CT molecular complexity index is 961. The number of rotatable bonds is 2. The van der Waals surface area contributed by atoms with Crippen molar-refractivity contribution < 1.29 is 4.74 Å². The summed E-state index contributed by atoms with van der Waals surface area (Å²) in [5.74, 6) is 1.90. The molecule has 0 radical (unpaired) electrons. The molecule has 2 heterocycles. The molecule has 1 atom stereocenters. The van der Waals surface area contributed by atoms with E-state index >= 15 is 0 Å². The van der Waals surface area contributed by atoms with Crippen LogP contribution in [0.25, 0.3) is 0 Å². The molecule has 4 nitrogen and oxygen atoms in total. The van der Waals surface area contributed by atoms with E-state index in [4.69, 9.17) is 16.3 Å². The van der Waals surface area contributed by atoms with Gasteiger partial charge in [-0.15, -0.1) is 0 Å². The van der Waals surface area contributed by atoms with Crippen molar-refractivity contribution in [1.29, 1.82) is 0 Å². The molecule has 1 aliphatic rings. The molecule has 0 bridgehead atoms. The topological polar surface area (TPSA) is 55.0 Å². The minimum absolute atomic E-state index is 0.199. The number of aromatic amines is 1. The Morgan fingerprint density at radius 3 is 2.58 bits per heavy atom. The van der Waals surface area contributed by atoms with Gasteiger partial charge in [-0.1, -0.05) is 36.7 Å². The third kappa shape index (κ3) is 2.69. The molecule has 0 amide bonds. The van der Waals surface area contributed by atoms with Gasteiger partial charge in [0.25, 0.3) is 5.56 Å². The summed E-state index contributed by atoms with van der Waals surface area (Å²) >= 11 is 6.09. The van der Waals surface area contributed by atoms with Gasteiger partial charge < -0.3 is 4.74 Å². The molecular formula is C19H15ClN2O2. The number of hydrogen-bond acceptors (Lipinski definition) is 3. The first-order chi connectivity index (χ1) is 11.6. The normalized spacial score (nSPS) is 15.3. The van der Waals surface area contributed by atoms with E-state index in [2.05, 4.69) is 29.3 Å². The lowest BCUT2D eigenvalue weighted by Crippen LogP contribution is -2.09. The number of aromatic nitrogens is 2. The van der Waals surface area contributed by atoms with Crippen LogP contribution in [0.4, 0.5) is 0 Å². The van der Waals surface area contributed by atoms with Crippen LogP contribution in [0.5, 0.6) is 11.5 Å². The number of nitrogens with one attached hydrogen (secondary N) is 1. The van der Waals surface area contributed by atoms with Crippen LogP contribution in [-0.2, 0) is 6.42 Å². The molecule has 1 aromatic heterocycles. The molecule has 0 saturated heterocycles. The summed E-state index contributed by atoms with van der Waals surface area (Å²) < 4.78 is 6.06. The fourth-order valence-corrected chi connectivity index (χ4v) is 3.22. The molecule has 0 saturated carbocycles. The van der Waals surface area contributed by atoms with Crippen molar-refractivity contribution in [2.75, 3.05) is 0 Å². The van der Waals surface area contributed by atoms with Crippen LogP contribution in [0.1, 0.15) is 35.2 Å². The standard InChI is InChI=1S/C19H15ClN2O2/c1-11-15-5-2-12(8-14-4-7-19(23)22-21-14)9-17(15)24-18-10-13(20)3-6-16(11)18/h2-7,9-11H,8H2,1H3,(H,22,23). The average molecular weight is 339 g/mol. The molecule has 5 heteroatoms. The first kappa shape index (κ1) is 15.0. The summed E-state index contributed by atoms with van der Waals surface area (Å²) in [6, 6.07) is 15.2. The van der Waals surface area contributed by atoms with Gasteiger partial charge in [-0.2, -0.15) is 5.10 Å². The van der Waals surface area contributed by atoms with Gasteiger partial charge in [0.1, 0.15) is 11.5 Å². The highest BCUT2D eigenvalue weighted by Crippen LogP contribution is 2.45. The van der Waals surface area contributed by atoms with Gasteiger partial charge in [0.2, 0.25) is 0 Å². The molecule has 0 spiro atoms. The number of fused-ring (bicyclic) bond motifs is 2. The van der Waals surface area contributed by atoms with Crippen molar-refractivity contribution in [3.63, 3.8) is 0 Å². The van der Waals surface area contributed by atoms with Crippen molar-refractivity contribution in [3.05, 3.63) is 86.3 Å². The largest absolute Gasteiger partial charge is 0.457 e. The van der Waals surface area contributed by atoms with E-state index in [9.17, 15) is 4.79 Å². The lowest BCUT2D eigenvalue weighted by Gasteiger charge is -2.26. The van der Waals surface area contributed by atoms with E-state index in [0.29, 0.717) is 11.4 Å². The Hall–Kier alpha value is -2.59. The van der Waals surface area contributed by atoms with Gasteiger partial charge in [-0.05, 0) is 29.8 Å². The fraction of sp³-hybridized carbons (Fsp3) is 0.158. The molecular weight excluding hydrogens is 324 g/mol. The summed E-state index contributed by atoms with van der Waals surface area (Å²) in [6.07, 6.45) is 0.629. The van der Waals surface area contributed by atoms with Gasteiger partial charge in [0, 0.05) is 34.6 Å². The lowest BCUT2D eigenvalue weighted by atomic mass is 9.88. The molecule has 0 aliphatic carbocycles. The Labute approximate surface area is 144 Å². The average Bonchev–Trinajstić information content (AvgIpc) is 2.57. The highest BCUT2D eigenvalue weighted by molar-refractivity contribution is 6.30. The Kier molecular flexibility index (Phi) is 3.62. The number of benzene rings is 2. The predicted molar refractivity (Wildman–Crippen MR) is 93.1 cm³/mol. The van der Waals surface area contributed by atoms with E-state index in [1.807, 2.05) is 24.3 Å². The minimum atomic E-state index is -0.199. The van der Waals surface area contributed by atoms with Gasteiger partial charge in [0.05, 0.1) is 5.69 Å². The van der Waals surface area contributed by atoms with Crippen LogP contribution in [0.15, 0.2) is 53.3 Å². The van der Waals surface area contributed by atoms with Crippen LogP contribution < -0.4 is 10.3 Å². The van der Waals surface area contributed by atoms with E-state index in [-0.39, 0.29) is 11.5 Å².